The first-order chi connectivity index (χ1) is 13.5. The maximum absolute atomic E-state index is 13.3. The number of nitrogens with one attached hydrogen (secondary N) is 1. The zero-order valence-corrected chi connectivity index (χ0v) is 15.4. The lowest BCUT2D eigenvalue weighted by Crippen LogP contribution is -2.33. The third kappa shape index (κ3) is 3.77. The summed E-state index contributed by atoms with van der Waals surface area (Å²) in [5.74, 6) is 0.175. The van der Waals surface area contributed by atoms with Gasteiger partial charge in [0.2, 0.25) is 0 Å². The van der Waals surface area contributed by atoms with Crippen LogP contribution in [0.4, 0.5) is 25.1 Å². The molecule has 0 aliphatic carbocycles. The van der Waals surface area contributed by atoms with Gasteiger partial charge in [0.05, 0.1) is 28.7 Å². The number of nitrogens with two attached hydrogens (primary N) is 1. The number of nitrogen functional groups attached to an aromatic ring is 1. The van der Waals surface area contributed by atoms with Crippen molar-refractivity contribution < 1.29 is 13.6 Å². The van der Waals surface area contributed by atoms with Crippen molar-refractivity contribution in [2.24, 2.45) is 0 Å². The molecule has 0 aromatic carbocycles. The molecule has 0 radical (unpaired) electrons. The van der Waals surface area contributed by atoms with Gasteiger partial charge in [0.25, 0.3) is 0 Å². The van der Waals surface area contributed by atoms with Crippen LogP contribution < -0.4 is 11.1 Å². The molecule has 3 N–H and O–H groups in total. The minimum absolute atomic E-state index is 0.0583. The van der Waals surface area contributed by atoms with E-state index in [9.17, 15) is 13.6 Å². The minimum Gasteiger partial charge on any atom is -0.396 e. The van der Waals surface area contributed by atoms with Crippen LogP contribution in [-0.4, -0.2) is 39.0 Å². The standard InChI is InChI=1S/C18H16F2N6OS/c19-11-7-22-16(23-8-11)10-5-6-26(9-10)18(27)25-17-12(21)1-2-13(24-17)14-3-4-15(20)28-14/h1-4,7-8,10H,5-6,9,21H2,(H,24,25,27)/t10-/m1/s1. The number of amides is 2. The highest BCUT2D eigenvalue weighted by Gasteiger charge is 2.29. The Morgan fingerprint density at radius 2 is 2.00 bits per heavy atom. The molecular formula is C18H16F2N6OS. The SMILES string of the molecule is Nc1ccc(-c2ccc(F)s2)nc1NC(=O)N1CC[C@@H](c2ncc(F)cn2)C1. The van der Waals surface area contributed by atoms with E-state index in [1.165, 1.54) is 6.07 Å². The zero-order chi connectivity index (χ0) is 19.7. The first kappa shape index (κ1) is 18.2. The van der Waals surface area contributed by atoms with Crippen molar-refractivity contribution in [2.45, 2.75) is 12.3 Å². The number of pyridine rings is 1. The molecule has 0 saturated carbocycles. The number of halogens is 2. The number of hydrogen-bond donors (Lipinski definition) is 2. The van der Waals surface area contributed by atoms with Gasteiger partial charge in [-0.05, 0) is 30.7 Å². The number of carbonyl (C=O) groups is 1. The van der Waals surface area contributed by atoms with E-state index in [0.717, 1.165) is 23.7 Å². The monoisotopic (exact) mass is 402 g/mol. The molecule has 3 aromatic heterocycles. The van der Waals surface area contributed by atoms with Crippen LogP contribution in [0.2, 0.25) is 0 Å². The van der Waals surface area contributed by atoms with Crippen molar-refractivity contribution in [3.63, 3.8) is 0 Å². The predicted octanol–water partition coefficient (Wildman–Crippen LogP) is 3.48. The van der Waals surface area contributed by atoms with Gasteiger partial charge in [-0.2, -0.15) is 4.39 Å². The molecule has 1 fully saturated rings. The number of anilines is 2. The smallest absolute Gasteiger partial charge is 0.323 e. The summed E-state index contributed by atoms with van der Waals surface area (Å²) in [4.78, 5) is 27.2. The Labute approximate surface area is 163 Å². The number of thiophene rings is 1. The normalized spacial score (nSPS) is 16.4. The van der Waals surface area contributed by atoms with Crippen LogP contribution >= 0.6 is 11.3 Å². The van der Waals surface area contributed by atoms with Gasteiger partial charge in [-0.1, -0.05) is 0 Å². The minimum atomic E-state index is -0.497. The lowest BCUT2D eigenvalue weighted by molar-refractivity contribution is 0.222. The second kappa shape index (κ2) is 7.47. The molecule has 1 atom stereocenters. The summed E-state index contributed by atoms with van der Waals surface area (Å²) in [6.07, 6.45) is 2.92. The van der Waals surface area contributed by atoms with E-state index in [1.54, 1.807) is 23.1 Å². The lowest BCUT2D eigenvalue weighted by atomic mass is 10.1. The van der Waals surface area contributed by atoms with Crippen LogP contribution in [-0.2, 0) is 0 Å². The zero-order valence-electron chi connectivity index (χ0n) is 14.6. The van der Waals surface area contributed by atoms with Crippen molar-refractivity contribution in [1.29, 1.82) is 0 Å². The summed E-state index contributed by atoms with van der Waals surface area (Å²) in [5.41, 5.74) is 6.77. The molecule has 3 aromatic rings. The van der Waals surface area contributed by atoms with Gasteiger partial charge in [-0.3, -0.25) is 5.32 Å². The van der Waals surface area contributed by atoms with Crippen LogP contribution in [0.3, 0.4) is 0 Å². The molecule has 28 heavy (non-hydrogen) atoms. The second-order valence-corrected chi connectivity index (χ2v) is 7.39. The molecule has 1 aliphatic heterocycles. The molecule has 4 heterocycles. The Morgan fingerprint density at radius 1 is 1.21 bits per heavy atom. The van der Waals surface area contributed by atoms with Crippen molar-refractivity contribution >= 4 is 28.9 Å². The van der Waals surface area contributed by atoms with Gasteiger partial charge >= 0.3 is 6.03 Å². The molecule has 0 bridgehead atoms. The predicted molar refractivity (Wildman–Crippen MR) is 102 cm³/mol. The van der Waals surface area contributed by atoms with Gasteiger partial charge in [0.1, 0.15) is 5.82 Å². The van der Waals surface area contributed by atoms with Crippen LogP contribution in [0.5, 0.6) is 0 Å². The van der Waals surface area contributed by atoms with E-state index in [4.69, 9.17) is 5.73 Å². The maximum atomic E-state index is 13.3. The van der Waals surface area contributed by atoms with Crippen molar-refractivity contribution in [2.75, 3.05) is 24.1 Å². The third-order valence-electron chi connectivity index (χ3n) is 4.46. The van der Waals surface area contributed by atoms with Crippen molar-refractivity contribution in [3.05, 3.63) is 53.4 Å². The Bertz CT molecular complexity index is 1010. The van der Waals surface area contributed by atoms with E-state index >= 15 is 0 Å². The van der Waals surface area contributed by atoms with Crippen LogP contribution in [0, 0.1) is 10.9 Å². The summed E-state index contributed by atoms with van der Waals surface area (Å²) in [5, 5.41) is 2.40. The first-order valence-corrected chi connectivity index (χ1v) is 9.37. The third-order valence-corrected chi connectivity index (χ3v) is 5.35. The van der Waals surface area contributed by atoms with Crippen LogP contribution in [0.15, 0.2) is 36.7 Å². The fourth-order valence-electron chi connectivity index (χ4n) is 3.03. The molecule has 0 unspecified atom stereocenters. The highest BCUT2D eigenvalue weighted by molar-refractivity contribution is 7.13. The number of nitrogens with zero attached hydrogens (tertiary/aromatic N) is 4. The first-order valence-electron chi connectivity index (χ1n) is 8.55. The van der Waals surface area contributed by atoms with Gasteiger partial charge in [0, 0.05) is 19.0 Å². The molecule has 2 amide bonds. The molecular weight excluding hydrogens is 386 g/mol. The Balaban J connectivity index is 1.46. The number of urea groups is 1. The molecule has 10 heteroatoms. The van der Waals surface area contributed by atoms with Crippen LogP contribution in [0.1, 0.15) is 18.2 Å². The van der Waals surface area contributed by atoms with Crippen molar-refractivity contribution in [1.82, 2.24) is 19.9 Å². The number of carbonyl (C=O) groups excluding carboxylic acids is 1. The maximum Gasteiger partial charge on any atom is 0.323 e. The molecule has 7 nitrogen and oxygen atoms in total. The van der Waals surface area contributed by atoms with E-state index in [0.29, 0.717) is 41.6 Å². The molecule has 4 rings (SSSR count). The van der Waals surface area contributed by atoms with Crippen molar-refractivity contribution in [3.8, 4) is 10.6 Å². The number of aromatic nitrogens is 3. The Morgan fingerprint density at radius 3 is 2.71 bits per heavy atom. The average molecular weight is 402 g/mol. The van der Waals surface area contributed by atoms with Crippen LogP contribution in [0.25, 0.3) is 10.6 Å². The van der Waals surface area contributed by atoms with E-state index < -0.39 is 5.82 Å². The molecule has 0 spiro atoms. The van der Waals surface area contributed by atoms with Gasteiger partial charge in [-0.25, -0.2) is 24.1 Å². The number of hydrogen-bond acceptors (Lipinski definition) is 6. The van der Waals surface area contributed by atoms with E-state index in [1.807, 2.05) is 0 Å². The lowest BCUT2D eigenvalue weighted by Gasteiger charge is -2.17. The van der Waals surface area contributed by atoms with Gasteiger partial charge in [0.15, 0.2) is 16.8 Å². The number of rotatable bonds is 3. The summed E-state index contributed by atoms with van der Waals surface area (Å²) < 4.78 is 26.2. The molecule has 1 aliphatic rings. The quantitative estimate of drug-likeness (QED) is 0.699. The average Bonchev–Trinajstić information content (AvgIpc) is 3.34. The highest BCUT2D eigenvalue weighted by atomic mass is 32.1. The summed E-state index contributed by atoms with van der Waals surface area (Å²) >= 11 is 0.965. The summed E-state index contributed by atoms with van der Waals surface area (Å²) in [7, 11) is 0. The highest BCUT2D eigenvalue weighted by Crippen LogP contribution is 2.29. The second-order valence-electron chi connectivity index (χ2n) is 6.36. The van der Waals surface area contributed by atoms with E-state index in [-0.39, 0.29) is 22.9 Å². The fourth-order valence-corrected chi connectivity index (χ4v) is 3.73. The molecule has 1 saturated heterocycles. The van der Waals surface area contributed by atoms with E-state index in [2.05, 4.69) is 20.3 Å². The summed E-state index contributed by atoms with van der Waals surface area (Å²) in [6.45, 7) is 0.917. The Kier molecular flexibility index (Phi) is 4.86. The summed E-state index contributed by atoms with van der Waals surface area (Å²) in [6, 6.07) is 5.93. The van der Waals surface area contributed by atoms with Gasteiger partial charge < -0.3 is 10.6 Å². The Hall–Kier alpha value is -3.14. The molecule has 144 valence electrons. The fraction of sp³-hybridized carbons (Fsp3) is 0.222. The van der Waals surface area contributed by atoms with Gasteiger partial charge in [-0.15, -0.1) is 11.3 Å². The topological polar surface area (TPSA) is 97.0 Å². The largest absolute Gasteiger partial charge is 0.396 e. The number of likely N-dealkylation sites (tertiary alicyclic amines) is 1.